The van der Waals surface area contributed by atoms with Gasteiger partial charge in [-0.25, -0.2) is 9.18 Å². The van der Waals surface area contributed by atoms with E-state index in [2.05, 4.69) is 5.32 Å². The van der Waals surface area contributed by atoms with Crippen molar-refractivity contribution in [2.45, 2.75) is 12.7 Å². The van der Waals surface area contributed by atoms with Crippen molar-refractivity contribution in [3.8, 4) is 11.1 Å². The summed E-state index contributed by atoms with van der Waals surface area (Å²) in [7, 11) is 0. The molecule has 0 bridgehead atoms. The van der Waals surface area contributed by atoms with E-state index >= 15 is 0 Å². The summed E-state index contributed by atoms with van der Waals surface area (Å²) in [4.78, 5) is 11.0. The first-order chi connectivity index (χ1) is 13.2. The van der Waals surface area contributed by atoms with E-state index in [0.717, 1.165) is 29.3 Å². The van der Waals surface area contributed by atoms with Gasteiger partial charge < -0.3 is 10.4 Å². The molecule has 144 valence electrons. The average Bonchev–Trinajstić information content (AvgIpc) is 2.67. The van der Waals surface area contributed by atoms with Crippen molar-refractivity contribution in [1.82, 2.24) is 0 Å². The first kappa shape index (κ1) is 19.4. The molecule has 0 radical (unpaired) electrons. The molecule has 0 aliphatic carbocycles. The fourth-order valence-electron chi connectivity index (χ4n) is 2.67. The molecule has 7 heteroatoms. The number of carboxylic acids is 1. The third kappa shape index (κ3) is 4.49. The Hall–Kier alpha value is -3.35. The second kappa shape index (κ2) is 7.72. The molecule has 0 aliphatic rings. The van der Waals surface area contributed by atoms with E-state index in [0.29, 0.717) is 17.8 Å². The standard InChI is InChI=1S/C21H15F4NO2/c22-19-10-9-17(11-18(19)20(27)28)26-12-13-1-3-14(4-2-13)15-5-7-16(8-6-15)21(23,24)25/h1-11,26H,12H2,(H,27,28). The second-order valence-electron chi connectivity index (χ2n) is 6.13. The molecule has 3 rings (SSSR count). The maximum absolute atomic E-state index is 13.4. The van der Waals surface area contributed by atoms with Crippen LogP contribution in [0, 0.1) is 5.82 Å². The van der Waals surface area contributed by atoms with Crippen LogP contribution in [0.25, 0.3) is 11.1 Å². The molecule has 0 unspecified atom stereocenters. The van der Waals surface area contributed by atoms with Gasteiger partial charge in [0.2, 0.25) is 0 Å². The van der Waals surface area contributed by atoms with Crippen molar-refractivity contribution in [3.63, 3.8) is 0 Å². The number of halogens is 4. The summed E-state index contributed by atoms with van der Waals surface area (Å²) >= 11 is 0. The molecule has 3 nitrogen and oxygen atoms in total. The van der Waals surface area contributed by atoms with E-state index in [1.165, 1.54) is 24.3 Å². The summed E-state index contributed by atoms with van der Waals surface area (Å²) < 4.78 is 51.3. The second-order valence-corrected chi connectivity index (χ2v) is 6.13. The van der Waals surface area contributed by atoms with Crippen LogP contribution in [0.3, 0.4) is 0 Å². The van der Waals surface area contributed by atoms with Crippen LogP contribution in [0.4, 0.5) is 23.2 Å². The third-order valence-electron chi connectivity index (χ3n) is 4.19. The zero-order chi connectivity index (χ0) is 20.3. The highest BCUT2D eigenvalue weighted by Gasteiger charge is 2.29. The number of carbonyl (C=O) groups is 1. The minimum atomic E-state index is -4.37. The summed E-state index contributed by atoms with van der Waals surface area (Å²) in [5.74, 6) is -2.15. The number of nitrogens with one attached hydrogen (secondary N) is 1. The lowest BCUT2D eigenvalue weighted by molar-refractivity contribution is -0.137. The SMILES string of the molecule is O=C(O)c1cc(NCc2ccc(-c3ccc(C(F)(F)F)cc3)cc2)ccc1F. The molecule has 28 heavy (non-hydrogen) atoms. The van der Waals surface area contributed by atoms with Crippen molar-refractivity contribution in [3.05, 3.63) is 89.2 Å². The van der Waals surface area contributed by atoms with Crippen molar-refractivity contribution in [2.24, 2.45) is 0 Å². The summed E-state index contributed by atoms with van der Waals surface area (Å²) in [6.45, 7) is 0.373. The molecule has 0 heterocycles. The van der Waals surface area contributed by atoms with Gasteiger partial charge in [-0.3, -0.25) is 0 Å². The highest BCUT2D eigenvalue weighted by Crippen LogP contribution is 2.31. The largest absolute Gasteiger partial charge is 0.478 e. The van der Waals surface area contributed by atoms with Gasteiger partial charge in [0.15, 0.2) is 0 Å². The van der Waals surface area contributed by atoms with E-state index in [1.54, 1.807) is 12.1 Å². The number of benzene rings is 3. The Labute approximate surface area is 158 Å². The lowest BCUT2D eigenvalue weighted by Gasteiger charge is -2.10. The predicted octanol–water partition coefficient (Wildman–Crippen LogP) is 5.82. The van der Waals surface area contributed by atoms with Gasteiger partial charge in [0.1, 0.15) is 5.82 Å². The maximum atomic E-state index is 13.4. The van der Waals surface area contributed by atoms with Gasteiger partial charge in [0.05, 0.1) is 11.1 Å². The van der Waals surface area contributed by atoms with Crippen LogP contribution in [0.1, 0.15) is 21.5 Å². The van der Waals surface area contributed by atoms with Gasteiger partial charge in [-0.05, 0) is 47.0 Å². The van der Waals surface area contributed by atoms with Crippen molar-refractivity contribution >= 4 is 11.7 Å². The van der Waals surface area contributed by atoms with Gasteiger partial charge in [-0.2, -0.15) is 13.2 Å². The third-order valence-corrected chi connectivity index (χ3v) is 4.19. The summed E-state index contributed by atoms with van der Waals surface area (Å²) in [5.41, 5.74) is 1.66. The normalized spacial score (nSPS) is 11.3. The fraction of sp³-hybridized carbons (Fsp3) is 0.0952. The molecule has 0 aromatic heterocycles. The Kier molecular flexibility index (Phi) is 5.35. The number of alkyl halides is 3. The first-order valence-electron chi connectivity index (χ1n) is 8.27. The van der Waals surface area contributed by atoms with Crippen molar-refractivity contribution in [1.29, 1.82) is 0 Å². The Morgan fingerprint density at radius 3 is 2.00 bits per heavy atom. The Bertz CT molecular complexity index is 981. The smallest absolute Gasteiger partial charge is 0.416 e. The van der Waals surface area contributed by atoms with E-state index in [4.69, 9.17) is 5.11 Å². The molecule has 0 atom stereocenters. The van der Waals surface area contributed by atoms with Crippen molar-refractivity contribution < 1.29 is 27.5 Å². The number of hydrogen-bond acceptors (Lipinski definition) is 2. The Balaban J connectivity index is 1.68. The molecule has 0 spiro atoms. The highest BCUT2D eigenvalue weighted by molar-refractivity contribution is 5.89. The average molecular weight is 389 g/mol. The molecular formula is C21H15F4NO2. The Morgan fingerprint density at radius 2 is 1.46 bits per heavy atom. The van der Waals surface area contributed by atoms with E-state index < -0.39 is 29.1 Å². The lowest BCUT2D eigenvalue weighted by Crippen LogP contribution is -2.04. The van der Waals surface area contributed by atoms with Crippen LogP contribution in [-0.2, 0) is 12.7 Å². The van der Waals surface area contributed by atoms with Crippen LogP contribution < -0.4 is 5.32 Å². The molecule has 2 N–H and O–H groups in total. The zero-order valence-corrected chi connectivity index (χ0v) is 14.4. The molecule has 0 fully saturated rings. The summed E-state index contributed by atoms with van der Waals surface area (Å²) in [6.07, 6.45) is -4.37. The predicted molar refractivity (Wildman–Crippen MR) is 97.6 cm³/mol. The van der Waals surface area contributed by atoms with Crippen LogP contribution >= 0.6 is 0 Å². The van der Waals surface area contributed by atoms with Crippen LogP contribution in [0.2, 0.25) is 0 Å². The number of rotatable bonds is 5. The molecule has 0 aliphatic heterocycles. The summed E-state index contributed by atoms with van der Waals surface area (Å²) in [5, 5.41) is 12.0. The minimum absolute atomic E-state index is 0.373. The minimum Gasteiger partial charge on any atom is -0.478 e. The van der Waals surface area contributed by atoms with E-state index in [1.807, 2.05) is 12.1 Å². The Morgan fingerprint density at radius 1 is 0.893 bits per heavy atom. The maximum Gasteiger partial charge on any atom is 0.416 e. The summed E-state index contributed by atoms with van der Waals surface area (Å²) in [6, 6.07) is 15.8. The lowest BCUT2D eigenvalue weighted by atomic mass is 10.0. The van der Waals surface area contributed by atoms with Crippen LogP contribution in [0.5, 0.6) is 0 Å². The monoisotopic (exact) mass is 389 g/mol. The van der Waals surface area contributed by atoms with E-state index in [-0.39, 0.29) is 0 Å². The number of carboxylic acid groups (broad SMARTS) is 1. The van der Waals surface area contributed by atoms with Gasteiger partial charge >= 0.3 is 12.1 Å². The van der Waals surface area contributed by atoms with Gasteiger partial charge in [-0.1, -0.05) is 36.4 Å². The quantitative estimate of drug-likeness (QED) is 0.541. The van der Waals surface area contributed by atoms with E-state index in [9.17, 15) is 22.4 Å². The van der Waals surface area contributed by atoms with Gasteiger partial charge in [0, 0.05) is 12.2 Å². The molecule has 0 saturated carbocycles. The van der Waals surface area contributed by atoms with Gasteiger partial charge in [-0.15, -0.1) is 0 Å². The van der Waals surface area contributed by atoms with Gasteiger partial charge in [0.25, 0.3) is 0 Å². The number of hydrogen-bond donors (Lipinski definition) is 2. The number of aromatic carboxylic acids is 1. The molecule has 0 saturated heterocycles. The van der Waals surface area contributed by atoms with Crippen LogP contribution in [0.15, 0.2) is 66.7 Å². The topological polar surface area (TPSA) is 49.3 Å². The van der Waals surface area contributed by atoms with Crippen LogP contribution in [-0.4, -0.2) is 11.1 Å². The molecular weight excluding hydrogens is 374 g/mol. The number of anilines is 1. The fourth-order valence-corrected chi connectivity index (χ4v) is 2.67. The molecule has 3 aromatic rings. The highest BCUT2D eigenvalue weighted by atomic mass is 19.4. The first-order valence-corrected chi connectivity index (χ1v) is 8.27. The van der Waals surface area contributed by atoms with Crippen molar-refractivity contribution in [2.75, 3.05) is 5.32 Å². The zero-order valence-electron chi connectivity index (χ0n) is 14.4. The molecule has 0 amide bonds. The molecule has 3 aromatic carbocycles.